The Kier molecular flexibility index (Phi) is 3.07. The van der Waals surface area contributed by atoms with E-state index in [1.165, 1.54) is 0 Å². The summed E-state index contributed by atoms with van der Waals surface area (Å²) in [5.74, 6) is 0.742. The van der Waals surface area contributed by atoms with Crippen LogP contribution in [0.15, 0.2) is 30.7 Å². The Balaban J connectivity index is 1.67. The molecule has 2 aliphatic rings. The van der Waals surface area contributed by atoms with Crippen LogP contribution in [-0.2, 0) is 11.2 Å². The monoisotopic (exact) mass is 293 g/mol. The summed E-state index contributed by atoms with van der Waals surface area (Å²) in [5.41, 5.74) is 3.96. The number of carbonyl (C=O) groups is 1. The zero-order valence-corrected chi connectivity index (χ0v) is 12.0. The smallest absolute Gasteiger partial charge is 0.239 e. The molecule has 6 heteroatoms. The van der Waals surface area contributed by atoms with Crippen LogP contribution < -0.4 is 10.2 Å². The van der Waals surface area contributed by atoms with Crippen LogP contribution >= 0.6 is 0 Å². The van der Waals surface area contributed by atoms with E-state index in [-0.39, 0.29) is 5.91 Å². The number of carbonyl (C=O) groups excluding carboxylic acids is 1. The standard InChI is InChI=1S/C16H15N5O/c22-16-10-21(5-4-18-16)15-9-17-8-14(20-15)12-6-11-2-1-3-13(11)19-7-12/h1-2,6-9H,3-5,10H2,(H,18,22). The molecule has 0 spiro atoms. The molecule has 1 aliphatic heterocycles. The van der Waals surface area contributed by atoms with Crippen molar-refractivity contribution in [2.75, 3.05) is 24.5 Å². The largest absolute Gasteiger partial charge is 0.353 e. The number of nitrogens with zero attached hydrogens (tertiary/aromatic N) is 4. The molecule has 110 valence electrons. The third-order valence-corrected chi connectivity index (χ3v) is 3.89. The zero-order valence-electron chi connectivity index (χ0n) is 12.0. The lowest BCUT2D eigenvalue weighted by molar-refractivity contribution is -0.120. The Bertz CT molecular complexity index is 771. The summed E-state index contributed by atoms with van der Waals surface area (Å²) in [4.78, 5) is 26.9. The first-order chi connectivity index (χ1) is 10.8. The second-order valence-corrected chi connectivity index (χ2v) is 5.40. The molecule has 0 radical (unpaired) electrons. The molecule has 1 saturated heterocycles. The van der Waals surface area contributed by atoms with Crippen LogP contribution in [0.4, 0.5) is 5.82 Å². The number of pyridine rings is 1. The maximum absolute atomic E-state index is 11.5. The van der Waals surface area contributed by atoms with Crippen LogP contribution in [0, 0.1) is 0 Å². The molecule has 1 aliphatic carbocycles. The van der Waals surface area contributed by atoms with Crippen molar-refractivity contribution in [3.8, 4) is 11.3 Å². The number of amides is 1. The van der Waals surface area contributed by atoms with Crippen molar-refractivity contribution in [1.82, 2.24) is 20.3 Å². The highest BCUT2D eigenvalue weighted by Gasteiger charge is 2.18. The molecule has 0 aromatic carbocycles. The number of hydrogen-bond donors (Lipinski definition) is 1. The van der Waals surface area contributed by atoms with Gasteiger partial charge in [-0.1, -0.05) is 12.2 Å². The molecule has 0 bridgehead atoms. The van der Waals surface area contributed by atoms with Gasteiger partial charge < -0.3 is 10.2 Å². The molecule has 2 aromatic rings. The maximum atomic E-state index is 11.5. The van der Waals surface area contributed by atoms with Gasteiger partial charge >= 0.3 is 0 Å². The van der Waals surface area contributed by atoms with Crippen molar-refractivity contribution >= 4 is 17.8 Å². The van der Waals surface area contributed by atoms with Crippen molar-refractivity contribution < 1.29 is 4.79 Å². The van der Waals surface area contributed by atoms with Gasteiger partial charge in [0, 0.05) is 31.3 Å². The first kappa shape index (κ1) is 12.9. The van der Waals surface area contributed by atoms with Crippen LogP contribution in [0.25, 0.3) is 17.3 Å². The van der Waals surface area contributed by atoms with Crippen molar-refractivity contribution in [1.29, 1.82) is 0 Å². The average Bonchev–Trinajstić information content (AvgIpc) is 3.02. The van der Waals surface area contributed by atoms with Gasteiger partial charge in [0.15, 0.2) is 0 Å². The summed E-state index contributed by atoms with van der Waals surface area (Å²) >= 11 is 0. The SMILES string of the molecule is O=C1CN(c2cncc(-c3cnc4c(c3)C=CC4)n2)CCN1. The third kappa shape index (κ3) is 2.32. The number of rotatable bonds is 2. The summed E-state index contributed by atoms with van der Waals surface area (Å²) in [6.07, 6.45) is 10.3. The molecular weight excluding hydrogens is 278 g/mol. The highest BCUT2D eigenvalue weighted by molar-refractivity contribution is 5.82. The van der Waals surface area contributed by atoms with Crippen molar-refractivity contribution in [3.05, 3.63) is 42.0 Å². The van der Waals surface area contributed by atoms with Crippen LogP contribution in [0.1, 0.15) is 11.3 Å². The Morgan fingerprint density at radius 2 is 2.18 bits per heavy atom. The van der Waals surface area contributed by atoms with E-state index < -0.39 is 0 Å². The number of nitrogens with one attached hydrogen (secondary N) is 1. The fourth-order valence-electron chi connectivity index (χ4n) is 2.74. The molecule has 1 N–H and O–H groups in total. The highest BCUT2D eigenvalue weighted by Crippen LogP contribution is 2.24. The number of fused-ring (bicyclic) bond motifs is 1. The topological polar surface area (TPSA) is 71.0 Å². The minimum atomic E-state index is 0.0165. The number of aromatic nitrogens is 3. The summed E-state index contributed by atoms with van der Waals surface area (Å²) in [7, 11) is 0. The van der Waals surface area contributed by atoms with Gasteiger partial charge in [0.05, 0.1) is 30.3 Å². The number of anilines is 1. The lowest BCUT2D eigenvalue weighted by Crippen LogP contribution is -2.48. The minimum Gasteiger partial charge on any atom is -0.353 e. The van der Waals surface area contributed by atoms with E-state index in [4.69, 9.17) is 0 Å². The van der Waals surface area contributed by atoms with E-state index in [9.17, 15) is 4.79 Å². The van der Waals surface area contributed by atoms with Crippen LogP contribution in [0.2, 0.25) is 0 Å². The predicted molar refractivity (Wildman–Crippen MR) is 83.2 cm³/mol. The fraction of sp³-hybridized carbons (Fsp3) is 0.250. The summed E-state index contributed by atoms with van der Waals surface area (Å²) < 4.78 is 0. The van der Waals surface area contributed by atoms with Gasteiger partial charge in [-0.2, -0.15) is 0 Å². The van der Waals surface area contributed by atoms with Gasteiger partial charge in [0.25, 0.3) is 0 Å². The highest BCUT2D eigenvalue weighted by atomic mass is 16.2. The van der Waals surface area contributed by atoms with E-state index in [1.54, 1.807) is 12.4 Å². The fourth-order valence-corrected chi connectivity index (χ4v) is 2.74. The van der Waals surface area contributed by atoms with E-state index in [1.807, 2.05) is 11.1 Å². The Hall–Kier alpha value is -2.76. The van der Waals surface area contributed by atoms with Crippen LogP contribution in [0.3, 0.4) is 0 Å². The van der Waals surface area contributed by atoms with Crippen molar-refractivity contribution in [3.63, 3.8) is 0 Å². The number of hydrogen-bond acceptors (Lipinski definition) is 5. The second kappa shape index (κ2) is 5.22. The molecular formula is C16H15N5O. The lowest BCUT2D eigenvalue weighted by atomic mass is 10.1. The summed E-state index contributed by atoms with van der Waals surface area (Å²) in [6.45, 7) is 1.70. The first-order valence-electron chi connectivity index (χ1n) is 7.29. The van der Waals surface area contributed by atoms with Crippen molar-refractivity contribution in [2.45, 2.75) is 6.42 Å². The third-order valence-electron chi connectivity index (χ3n) is 3.89. The first-order valence-corrected chi connectivity index (χ1v) is 7.29. The Labute approximate surface area is 127 Å². The normalized spacial score (nSPS) is 16.5. The van der Waals surface area contributed by atoms with Crippen LogP contribution in [-0.4, -0.2) is 40.5 Å². The Morgan fingerprint density at radius 1 is 1.23 bits per heavy atom. The van der Waals surface area contributed by atoms with Crippen LogP contribution in [0.5, 0.6) is 0 Å². The summed E-state index contributed by atoms with van der Waals surface area (Å²) in [6, 6.07) is 2.09. The average molecular weight is 293 g/mol. The van der Waals surface area contributed by atoms with E-state index in [0.717, 1.165) is 41.3 Å². The quantitative estimate of drug-likeness (QED) is 0.896. The van der Waals surface area contributed by atoms with Gasteiger partial charge in [-0.25, -0.2) is 4.98 Å². The molecule has 0 atom stereocenters. The summed E-state index contributed by atoms with van der Waals surface area (Å²) in [5, 5.41) is 2.81. The molecule has 1 fully saturated rings. The van der Waals surface area contributed by atoms with E-state index in [0.29, 0.717) is 13.1 Å². The number of allylic oxidation sites excluding steroid dienone is 1. The second-order valence-electron chi connectivity index (χ2n) is 5.40. The van der Waals surface area contributed by atoms with E-state index in [2.05, 4.69) is 38.5 Å². The minimum absolute atomic E-state index is 0.0165. The molecule has 22 heavy (non-hydrogen) atoms. The molecule has 4 rings (SSSR count). The van der Waals surface area contributed by atoms with Gasteiger partial charge in [-0.15, -0.1) is 0 Å². The van der Waals surface area contributed by atoms with Gasteiger partial charge in [0.2, 0.25) is 5.91 Å². The van der Waals surface area contributed by atoms with Crippen molar-refractivity contribution in [2.24, 2.45) is 0 Å². The molecule has 2 aromatic heterocycles. The zero-order chi connectivity index (χ0) is 14.9. The van der Waals surface area contributed by atoms with E-state index >= 15 is 0 Å². The predicted octanol–water partition coefficient (Wildman–Crippen LogP) is 1.04. The maximum Gasteiger partial charge on any atom is 0.239 e. The molecule has 0 saturated carbocycles. The molecule has 3 heterocycles. The van der Waals surface area contributed by atoms with Gasteiger partial charge in [-0.05, 0) is 11.6 Å². The number of piperazine rings is 1. The van der Waals surface area contributed by atoms with Gasteiger partial charge in [0.1, 0.15) is 5.82 Å². The lowest BCUT2D eigenvalue weighted by Gasteiger charge is -2.27. The van der Waals surface area contributed by atoms with Gasteiger partial charge in [-0.3, -0.25) is 14.8 Å². The molecule has 6 nitrogen and oxygen atoms in total. The Morgan fingerprint density at radius 3 is 3.09 bits per heavy atom. The molecule has 1 amide bonds. The molecule has 0 unspecified atom stereocenters.